The van der Waals surface area contributed by atoms with Crippen molar-refractivity contribution in [3.05, 3.63) is 34.6 Å². The fraction of sp³-hybridized carbons (Fsp3) is 0.667. The average Bonchev–Trinajstić information content (AvgIpc) is 2.40. The van der Waals surface area contributed by atoms with Crippen molar-refractivity contribution in [2.24, 2.45) is 11.8 Å². The van der Waals surface area contributed by atoms with E-state index in [9.17, 15) is 4.39 Å². The molecule has 118 valence electrons. The van der Waals surface area contributed by atoms with E-state index >= 15 is 0 Å². The molecule has 0 amide bonds. The van der Waals surface area contributed by atoms with Crippen molar-refractivity contribution in [2.75, 3.05) is 6.54 Å². The number of benzene rings is 1. The summed E-state index contributed by atoms with van der Waals surface area (Å²) in [7, 11) is 0. The molecule has 1 aromatic rings. The standard InChI is InChI=1S/C18H27ClFN/c1-18(2,3)21-12-15-7-5-4-6-13(15)10-14-8-9-16(19)11-17(14)20/h8-9,11,13,15,21H,4-7,10,12H2,1-3H3. The summed E-state index contributed by atoms with van der Waals surface area (Å²) in [5.74, 6) is 1.06. The molecule has 1 nitrogen and oxygen atoms in total. The number of nitrogens with one attached hydrogen (secondary N) is 1. The maximum absolute atomic E-state index is 14.0. The van der Waals surface area contributed by atoms with E-state index in [0.29, 0.717) is 16.9 Å². The molecule has 1 N–H and O–H groups in total. The van der Waals surface area contributed by atoms with Gasteiger partial charge in [-0.15, -0.1) is 0 Å². The van der Waals surface area contributed by atoms with Crippen LogP contribution in [-0.4, -0.2) is 12.1 Å². The molecule has 2 atom stereocenters. The molecule has 2 unspecified atom stereocenters. The van der Waals surface area contributed by atoms with Crippen LogP contribution >= 0.6 is 11.6 Å². The topological polar surface area (TPSA) is 12.0 Å². The lowest BCUT2D eigenvalue weighted by molar-refractivity contribution is 0.212. The number of halogens is 2. The monoisotopic (exact) mass is 311 g/mol. The molecule has 0 aromatic heterocycles. The molecule has 1 fully saturated rings. The minimum Gasteiger partial charge on any atom is -0.312 e. The summed E-state index contributed by atoms with van der Waals surface area (Å²) in [6.07, 6.45) is 5.86. The Bertz CT molecular complexity index is 467. The third-order valence-corrected chi connectivity index (χ3v) is 4.69. The lowest BCUT2D eigenvalue weighted by Gasteiger charge is -2.34. The van der Waals surface area contributed by atoms with E-state index in [4.69, 9.17) is 11.6 Å². The van der Waals surface area contributed by atoms with E-state index in [2.05, 4.69) is 26.1 Å². The number of hydrogen-bond donors (Lipinski definition) is 1. The normalized spacial score (nSPS) is 23.3. The summed E-state index contributed by atoms with van der Waals surface area (Å²) < 4.78 is 14.0. The first-order valence-electron chi connectivity index (χ1n) is 8.04. The van der Waals surface area contributed by atoms with E-state index in [0.717, 1.165) is 18.5 Å². The first kappa shape index (κ1) is 16.8. The molecule has 0 radical (unpaired) electrons. The largest absolute Gasteiger partial charge is 0.312 e. The Hall–Kier alpha value is -0.600. The second-order valence-corrected chi connectivity index (χ2v) is 7.81. The Labute approximate surface area is 133 Å². The minimum atomic E-state index is -0.157. The van der Waals surface area contributed by atoms with Crippen molar-refractivity contribution in [3.63, 3.8) is 0 Å². The van der Waals surface area contributed by atoms with Gasteiger partial charge in [0.1, 0.15) is 5.82 Å². The molecule has 0 aliphatic heterocycles. The Morgan fingerprint density at radius 1 is 1.19 bits per heavy atom. The van der Waals surface area contributed by atoms with Crippen molar-refractivity contribution in [2.45, 2.75) is 58.4 Å². The van der Waals surface area contributed by atoms with Crippen molar-refractivity contribution in [1.29, 1.82) is 0 Å². The van der Waals surface area contributed by atoms with Crippen LogP contribution < -0.4 is 5.32 Å². The third-order valence-electron chi connectivity index (χ3n) is 4.46. The van der Waals surface area contributed by atoms with Crippen LogP contribution in [0.25, 0.3) is 0 Å². The summed E-state index contributed by atoms with van der Waals surface area (Å²) in [5.41, 5.74) is 0.958. The lowest BCUT2D eigenvalue weighted by atomic mass is 9.76. The van der Waals surface area contributed by atoms with Gasteiger partial charge in [-0.1, -0.05) is 30.5 Å². The van der Waals surface area contributed by atoms with Gasteiger partial charge in [-0.05, 0) is 76.1 Å². The summed E-state index contributed by atoms with van der Waals surface area (Å²) in [6.45, 7) is 7.63. The predicted octanol–water partition coefficient (Wildman–Crippen LogP) is 5.22. The molecule has 2 rings (SSSR count). The zero-order valence-corrected chi connectivity index (χ0v) is 14.1. The van der Waals surface area contributed by atoms with Gasteiger partial charge < -0.3 is 5.32 Å². The van der Waals surface area contributed by atoms with Crippen molar-refractivity contribution < 1.29 is 4.39 Å². The fourth-order valence-electron chi connectivity index (χ4n) is 3.23. The molecule has 3 heteroatoms. The Balaban J connectivity index is 2.01. The highest BCUT2D eigenvalue weighted by Gasteiger charge is 2.27. The van der Waals surface area contributed by atoms with Crippen LogP contribution in [0.4, 0.5) is 4.39 Å². The van der Waals surface area contributed by atoms with Crippen molar-refractivity contribution in [1.82, 2.24) is 5.32 Å². The van der Waals surface area contributed by atoms with E-state index in [1.807, 2.05) is 6.07 Å². The third kappa shape index (κ3) is 5.27. The van der Waals surface area contributed by atoms with E-state index in [1.165, 1.54) is 31.7 Å². The zero-order valence-electron chi connectivity index (χ0n) is 13.4. The SMILES string of the molecule is CC(C)(C)NCC1CCCCC1Cc1ccc(Cl)cc1F. The summed E-state index contributed by atoms with van der Waals surface area (Å²) in [6, 6.07) is 5.08. The molecule has 0 bridgehead atoms. The van der Waals surface area contributed by atoms with Gasteiger partial charge in [-0.2, -0.15) is 0 Å². The van der Waals surface area contributed by atoms with Gasteiger partial charge in [0, 0.05) is 10.6 Å². The second-order valence-electron chi connectivity index (χ2n) is 7.38. The summed E-state index contributed by atoms with van der Waals surface area (Å²) >= 11 is 5.84. The van der Waals surface area contributed by atoms with Crippen LogP contribution in [0.1, 0.15) is 52.0 Å². The number of hydrogen-bond acceptors (Lipinski definition) is 1. The van der Waals surface area contributed by atoms with Crippen LogP contribution in [0.2, 0.25) is 5.02 Å². The predicted molar refractivity (Wildman–Crippen MR) is 88.3 cm³/mol. The summed E-state index contributed by atoms with van der Waals surface area (Å²) in [5, 5.41) is 4.09. The zero-order chi connectivity index (χ0) is 15.5. The molecule has 0 heterocycles. The minimum absolute atomic E-state index is 0.146. The Morgan fingerprint density at radius 3 is 2.48 bits per heavy atom. The fourth-order valence-corrected chi connectivity index (χ4v) is 3.39. The molecule has 0 spiro atoms. The number of rotatable bonds is 4. The van der Waals surface area contributed by atoms with Gasteiger partial charge in [0.15, 0.2) is 0 Å². The Morgan fingerprint density at radius 2 is 1.86 bits per heavy atom. The highest BCUT2D eigenvalue weighted by molar-refractivity contribution is 6.30. The highest BCUT2D eigenvalue weighted by Crippen LogP contribution is 2.33. The van der Waals surface area contributed by atoms with Gasteiger partial charge in [0.2, 0.25) is 0 Å². The van der Waals surface area contributed by atoms with Crippen LogP contribution in [0.5, 0.6) is 0 Å². The van der Waals surface area contributed by atoms with Crippen LogP contribution in [0.15, 0.2) is 18.2 Å². The first-order valence-corrected chi connectivity index (χ1v) is 8.42. The maximum Gasteiger partial charge on any atom is 0.127 e. The molecule has 1 aliphatic carbocycles. The van der Waals surface area contributed by atoms with Crippen molar-refractivity contribution >= 4 is 11.6 Å². The Kier molecular flexibility index (Phi) is 5.67. The van der Waals surface area contributed by atoms with Gasteiger partial charge >= 0.3 is 0 Å². The molecule has 1 aromatic carbocycles. The quantitative estimate of drug-likeness (QED) is 0.804. The molecular formula is C18H27ClFN. The molecule has 1 aliphatic rings. The maximum atomic E-state index is 14.0. The highest BCUT2D eigenvalue weighted by atomic mass is 35.5. The molecule has 21 heavy (non-hydrogen) atoms. The van der Waals surface area contributed by atoms with Crippen LogP contribution in [0.3, 0.4) is 0 Å². The smallest absolute Gasteiger partial charge is 0.127 e. The lowest BCUT2D eigenvalue weighted by Crippen LogP contribution is -2.41. The van der Waals surface area contributed by atoms with Gasteiger partial charge in [-0.3, -0.25) is 0 Å². The van der Waals surface area contributed by atoms with Crippen LogP contribution in [-0.2, 0) is 6.42 Å². The second kappa shape index (κ2) is 7.11. The van der Waals surface area contributed by atoms with Gasteiger partial charge in [0.25, 0.3) is 0 Å². The molecule has 1 saturated carbocycles. The molecular weight excluding hydrogens is 285 g/mol. The van der Waals surface area contributed by atoms with E-state index in [-0.39, 0.29) is 11.4 Å². The first-order chi connectivity index (χ1) is 9.85. The van der Waals surface area contributed by atoms with Gasteiger partial charge in [-0.25, -0.2) is 4.39 Å². The van der Waals surface area contributed by atoms with E-state index < -0.39 is 0 Å². The molecule has 0 saturated heterocycles. The van der Waals surface area contributed by atoms with Gasteiger partial charge in [0.05, 0.1) is 0 Å². The van der Waals surface area contributed by atoms with E-state index in [1.54, 1.807) is 6.07 Å². The summed E-state index contributed by atoms with van der Waals surface area (Å²) in [4.78, 5) is 0. The van der Waals surface area contributed by atoms with Crippen LogP contribution in [0, 0.1) is 17.7 Å². The average molecular weight is 312 g/mol. The van der Waals surface area contributed by atoms with Crippen molar-refractivity contribution in [3.8, 4) is 0 Å².